The molecule has 1 fully saturated rings. The van der Waals surface area contributed by atoms with E-state index >= 15 is 0 Å². The van der Waals surface area contributed by atoms with Gasteiger partial charge in [-0.25, -0.2) is 9.48 Å². The van der Waals surface area contributed by atoms with Gasteiger partial charge in [0.15, 0.2) is 12.4 Å². The van der Waals surface area contributed by atoms with Crippen LogP contribution >= 0.6 is 0 Å². The first-order chi connectivity index (χ1) is 13.8. The molecule has 0 amide bonds. The summed E-state index contributed by atoms with van der Waals surface area (Å²) in [7, 11) is 0. The van der Waals surface area contributed by atoms with Crippen LogP contribution in [-0.4, -0.2) is 39.4 Å². The van der Waals surface area contributed by atoms with Crippen LogP contribution < -0.4 is 9.47 Å². The van der Waals surface area contributed by atoms with Crippen LogP contribution in [0.4, 0.5) is 0 Å². The van der Waals surface area contributed by atoms with Crippen molar-refractivity contribution >= 4 is 5.97 Å². The van der Waals surface area contributed by atoms with Crippen LogP contribution in [0.1, 0.15) is 35.1 Å². The lowest BCUT2D eigenvalue weighted by atomic mass is 10.2. The second-order valence-corrected chi connectivity index (χ2v) is 6.35. The van der Waals surface area contributed by atoms with E-state index in [0.29, 0.717) is 36.4 Å². The zero-order valence-electron chi connectivity index (χ0n) is 15.2. The Balaban J connectivity index is 1.31. The van der Waals surface area contributed by atoms with E-state index in [0.717, 1.165) is 18.6 Å². The fourth-order valence-corrected chi connectivity index (χ4v) is 2.71. The Hall–Kier alpha value is -3.42. The minimum atomic E-state index is -0.482. The van der Waals surface area contributed by atoms with E-state index in [1.807, 2.05) is 30.3 Å². The van der Waals surface area contributed by atoms with Crippen molar-refractivity contribution in [2.24, 2.45) is 0 Å². The van der Waals surface area contributed by atoms with Gasteiger partial charge in [-0.3, -0.25) is 0 Å². The van der Waals surface area contributed by atoms with Crippen LogP contribution in [-0.2, 0) is 11.3 Å². The third-order valence-corrected chi connectivity index (χ3v) is 4.25. The standard InChI is InChI=1S/C20H20N4O4/c25-20(28-14-19-21-22-23-24(19)15-10-11-15)17-8-4-5-9-18(17)27-13-12-26-16-6-2-1-3-7-16/h1-9,15H,10-14H2. The van der Waals surface area contributed by atoms with Crippen molar-refractivity contribution in [3.8, 4) is 11.5 Å². The van der Waals surface area contributed by atoms with Crippen LogP contribution in [0.5, 0.6) is 11.5 Å². The Morgan fingerprint density at radius 1 is 1.00 bits per heavy atom. The van der Waals surface area contributed by atoms with E-state index in [1.54, 1.807) is 28.9 Å². The number of tetrazole rings is 1. The zero-order chi connectivity index (χ0) is 19.2. The van der Waals surface area contributed by atoms with E-state index in [4.69, 9.17) is 14.2 Å². The predicted octanol–water partition coefficient (Wildman–Crippen LogP) is 2.82. The average molecular weight is 380 g/mol. The molecule has 0 unspecified atom stereocenters. The third-order valence-electron chi connectivity index (χ3n) is 4.25. The van der Waals surface area contributed by atoms with Crippen molar-refractivity contribution in [1.82, 2.24) is 20.2 Å². The van der Waals surface area contributed by atoms with Gasteiger partial charge in [0.05, 0.1) is 6.04 Å². The van der Waals surface area contributed by atoms with Gasteiger partial charge in [0.1, 0.15) is 30.3 Å². The number of hydrogen-bond acceptors (Lipinski definition) is 7. The maximum atomic E-state index is 12.5. The van der Waals surface area contributed by atoms with Crippen molar-refractivity contribution < 1.29 is 19.0 Å². The molecule has 0 atom stereocenters. The van der Waals surface area contributed by atoms with Gasteiger partial charge in [0.25, 0.3) is 0 Å². The lowest BCUT2D eigenvalue weighted by molar-refractivity contribution is 0.0451. The van der Waals surface area contributed by atoms with Gasteiger partial charge in [-0.2, -0.15) is 0 Å². The topological polar surface area (TPSA) is 88.4 Å². The number of ether oxygens (including phenoxy) is 3. The monoisotopic (exact) mass is 380 g/mol. The number of hydrogen-bond donors (Lipinski definition) is 0. The van der Waals surface area contributed by atoms with Gasteiger partial charge in [0, 0.05) is 0 Å². The Bertz CT molecular complexity index is 925. The molecule has 0 N–H and O–H groups in total. The van der Waals surface area contributed by atoms with Crippen molar-refractivity contribution in [3.05, 3.63) is 66.0 Å². The van der Waals surface area contributed by atoms with Gasteiger partial charge < -0.3 is 14.2 Å². The van der Waals surface area contributed by atoms with Crippen molar-refractivity contribution in [1.29, 1.82) is 0 Å². The average Bonchev–Trinajstić information content (AvgIpc) is 3.48. The normalized spacial score (nSPS) is 13.1. The number of nitrogens with zero attached hydrogens (tertiary/aromatic N) is 4. The van der Waals surface area contributed by atoms with Crippen LogP contribution in [0.3, 0.4) is 0 Å². The van der Waals surface area contributed by atoms with E-state index in [9.17, 15) is 4.79 Å². The third kappa shape index (κ3) is 4.46. The number of para-hydroxylation sites is 2. The molecule has 0 spiro atoms. The predicted molar refractivity (Wildman–Crippen MR) is 99.1 cm³/mol. The Morgan fingerprint density at radius 3 is 2.57 bits per heavy atom. The lowest BCUT2D eigenvalue weighted by Gasteiger charge is -2.12. The Labute approximate surface area is 162 Å². The molecule has 1 heterocycles. The molecule has 0 saturated heterocycles. The van der Waals surface area contributed by atoms with Crippen molar-refractivity contribution in [2.45, 2.75) is 25.5 Å². The summed E-state index contributed by atoms with van der Waals surface area (Å²) < 4.78 is 18.4. The molecule has 0 bridgehead atoms. The maximum absolute atomic E-state index is 12.5. The van der Waals surface area contributed by atoms with Crippen LogP contribution in [0.2, 0.25) is 0 Å². The molecule has 4 rings (SSSR count). The number of esters is 1. The summed E-state index contributed by atoms with van der Waals surface area (Å²) >= 11 is 0. The summed E-state index contributed by atoms with van der Waals surface area (Å²) in [6, 6.07) is 16.8. The smallest absolute Gasteiger partial charge is 0.342 e. The van der Waals surface area contributed by atoms with Gasteiger partial charge in [0.2, 0.25) is 0 Å². The van der Waals surface area contributed by atoms with Crippen LogP contribution in [0.25, 0.3) is 0 Å². The lowest BCUT2D eigenvalue weighted by Crippen LogP contribution is -2.13. The molecular formula is C20H20N4O4. The SMILES string of the molecule is O=C(OCc1nnnn1C1CC1)c1ccccc1OCCOc1ccccc1. The molecule has 28 heavy (non-hydrogen) atoms. The molecule has 3 aromatic rings. The summed E-state index contributed by atoms with van der Waals surface area (Å²) in [4.78, 5) is 12.5. The highest BCUT2D eigenvalue weighted by molar-refractivity contribution is 5.92. The minimum absolute atomic E-state index is 0.0216. The Morgan fingerprint density at radius 2 is 1.75 bits per heavy atom. The largest absolute Gasteiger partial charge is 0.490 e. The number of aromatic nitrogens is 4. The number of carbonyl (C=O) groups excluding carboxylic acids is 1. The first-order valence-electron chi connectivity index (χ1n) is 9.15. The molecule has 1 saturated carbocycles. The number of rotatable bonds is 9. The fraction of sp³-hybridized carbons (Fsp3) is 0.300. The molecule has 2 aromatic carbocycles. The van der Waals surface area contributed by atoms with E-state index in [2.05, 4.69) is 15.5 Å². The number of carbonyl (C=O) groups is 1. The van der Waals surface area contributed by atoms with Crippen LogP contribution in [0.15, 0.2) is 54.6 Å². The van der Waals surface area contributed by atoms with Gasteiger partial charge in [-0.1, -0.05) is 30.3 Å². The molecule has 0 radical (unpaired) electrons. The molecule has 1 aliphatic rings. The van der Waals surface area contributed by atoms with E-state index < -0.39 is 5.97 Å². The second kappa shape index (κ2) is 8.51. The highest BCUT2D eigenvalue weighted by Crippen LogP contribution is 2.34. The quantitative estimate of drug-likeness (QED) is 0.417. The highest BCUT2D eigenvalue weighted by atomic mass is 16.5. The summed E-state index contributed by atoms with van der Waals surface area (Å²) in [5, 5.41) is 11.5. The van der Waals surface area contributed by atoms with Gasteiger partial charge in [-0.05, 0) is 47.5 Å². The van der Waals surface area contributed by atoms with Gasteiger partial charge in [-0.15, -0.1) is 5.10 Å². The molecule has 0 aliphatic heterocycles. The zero-order valence-corrected chi connectivity index (χ0v) is 15.2. The summed E-state index contributed by atoms with van der Waals surface area (Å²) in [5.74, 6) is 1.29. The first-order valence-corrected chi connectivity index (χ1v) is 9.15. The highest BCUT2D eigenvalue weighted by Gasteiger charge is 2.28. The fourth-order valence-electron chi connectivity index (χ4n) is 2.71. The molecule has 144 valence electrons. The minimum Gasteiger partial charge on any atom is -0.490 e. The summed E-state index contributed by atoms with van der Waals surface area (Å²) in [6.45, 7) is 0.691. The van der Waals surface area contributed by atoms with Gasteiger partial charge >= 0.3 is 5.97 Å². The van der Waals surface area contributed by atoms with E-state index in [-0.39, 0.29) is 6.61 Å². The van der Waals surface area contributed by atoms with E-state index in [1.165, 1.54) is 0 Å². The molecule has 1 aromatic heterocycles. The van der Waals surface area contributed by atoms with Crippen molar-refractivity contribution in [2.75, 3.05) is 13.2 Å². The van der Waals surface area contributed by atoms with Crippen molar-refractivity contribution in [3.63, 3.8) is 0 Å². The molecule has 8 heteroatoms. The molecule has 1 aliphatic carbocycles. The van der Waals surface area contributed by atoms with Crippen LogP contribution in [0, 0.1) is 0 Å². The second-order valence-electron chi connectivity index (χ2n) is 6.35. The first kappa shape index (κ1) is 18.0. The summed E-state index contributed by atoms with van der Waals surface area (Å²) in [5.41, 5.74) is 0.354. The molecular weight excluding hydrogens is 360 g/mol. The maximum Gasteiger partial charge on any atom is 0.342 e. The summed E-state index contributed by atoms with van der Waals surface area (Å²) in [6.07, 6.45) is 2.10. The number of benzene rings is 2. The molecule has 8 nitrogen and oxygen atoms in total. The Kier molecular flexibility index (Phi) is 5.46.